The second-order valence-corrected chi connectivity index (χ2v) is 4.61. The van der Waals surface area contributed by atoms with Crippen molar-refractivity contribution in [3.05, 3.63) is 35.9 Å². The minimum atomic E-state index is -1.28. The van der Waals surface area contributed by atoms with Gasteiger partial charge in [-0.1, -0.05) is 30.3 Å². The molecule has 0 spiro atoms. The molecule has 1 aromatic rings. The van der Waals surface area contributed by atoms with Gasteiger partial charge in [-0.2, -0.15) is 0 Å². The molecule has 1 aliphatic carbocycles. The summed E-state index contributed by atoms with van der Waals surface area (Å²) in [6, 6.07) is 9.35. The average Bonchev–Trinajstić information content (AvgIpc) is 2.37. The fourth-order valence-corrected chi connectivity index (χ4v) is 2.15. The highest BCUT2D eigenvalue weighted by molar-refractivity contribution is 5.13. The molecule has 0 amide bonds. The predicted molar refractivity (Wildman–Crippen MR) is 63.7 cm³/mol. The van der Waals surface area contributed by atoms with Crippen LogP contribution in [0, 0.1) is 0 Å². The third kappa shape index (κ3) is 2.88. The van der Waals surface area contributed by atoms with Crippen molar-refractivity contribution in [3.63, 3.8) is 0 Å². The normalized spacial score (nSPS) is 36.6. The zero-order valence-electron chi connectivity index (χ0n) is 9.88. The predicted octanol–water partition coefficient (Wildman–Crippen LogP) is -0.581. The molecule has 0 bridgehead atoms. The molecule has 4 N–H and O–H groups in total. The summed E-state index contributed by atoms with van der Waals surface area (Å²) in [4.78, 5) is 0. The van der Waals surface area contributed by atoms with Gasteiger partial charge in [0.15, 0.2) is 0 Å². The van der Waals surface area contributed by atoms with E-state index in [9.17, 15) is 20.4 Å². The van der Waals surface area contributed by atoms with Gasteiger partial charge in [-0.3, -0.25) is 0 Å². The number of aliphatic hydroxyl groups excluding tert-OH is 4. The van der Waals surface area contributed by atoms with Crippen LogP contribution >= 0.6 is 0 Å². The van der Waals surface area contributed by atoms with Crippen molar-refractivity contribution in [2.75, 3.05) is 0 Å². The molecule has 5 nitrogen and oxygen atoms in total. The van der Waals surface area contributed by atoms with Gasteiger partial charge < -0.3 is 25.2 Å². The summed E-state index contributed by atoms with van der Waals surface area (Å²) in [5.74, 6) is 0. The molecule has 2 rings (SSSR count). The Labute approximate surface area is 105 Å². The lowest BCUT2D eigenvalue weighted by atomic mass is 9.87. The third-order valence-corrected chi connectivity index (χ3v) is 3.23. The SMILES string of the molecule is O[C@@H]1[C@H](O)[C@@H](OCc2ccccc2)[C@@H](O)C[C@H]1O. The maximum Gasteiger partial charge on any atom is 0.112 e. The van der Waals surface area contributed by atoms with Crippen LogP contribution in [-0.4, -0.2) is 50.9 Å². The molecule has 0 radical (unpaired) electrons. The first-order valence-electron chi connectivity index (χ1n) is 5.97. The van der Waals surface area contributed by atoms with Gasteiger partial charge in [0.1, 0.15) is 18.3 Å². The number of benzene rings is 1. The number of rotatable bonds is 3. The zero-order chi connectivity index (χ0) is 13.1. The van der Waals surface area contributed by atoms with Crippen LogP contribution in [-0.2, 0) is 11.3 Å². The maximum absolute atomic E-state index is 9.76. The van der Waals surface area contributed by atoms with Crippen LogP contribution in [0.3, 0.4) is 0 Å². The van der Waals surface area contributed by atoms with E-state index in [1.807, 2.05) is 30.3 Å². The molecule has 1 fully saturated rings. The Morgan fingerprint density at radius 2 is 1.61 bits per heavy atom. The van der Waals surface area contributed by atoms with E-state index >= 15 is 0 Å². The molecule has 5 heteroatoms. The second-order valence-electron chi connectivity index (χ2n) is 4.61. The first-order chi connectivity index (χ1) is 8.59. The third-order valence-electron chi connectivity index (χ3n) is 3.23. The molecule has 1 aliphatic rings. The summed E-state index contributed by atoms with van der Waals surface area (Å²) in [6.07, 6.45) is -5.56. The van der Waals surface area contributed by atoms with Crippen LogP contribution in [0.2, 0.25) is 0 Å². The van der Waals surface area contributed by atoms with Crippen molar-refractivity contribution < 1.29 is 25.2 Å². The second kappa shape index (κ2) is 5.77. The standard InChI is InChI=1S/C13H18O5/c14-9-6-10(15)13(12(17)11(9)16)18-7-8-4-2-1-3-5-8/h1-5,9-17H,6-7H2/t9-,10+,11+,12+,13+/m1/s1. The largest absolute Gasteiger partial charge is 0.390 e. The summed E-state index contributed by atoms with van der Waals surface area (Å²) in [6.45, 7) is 0.239. The molecule has 5 atom stereocenters. The molecule has 1 saturated carbocycles. The lowest BCUT2D eigenvalue weighted by Gasteiger charge is -2.38. The summed E-state index contributed by atoms with van der Waals surface area (Å²) in [7, 11) is 0. The van der Waals surface area contributed by atoms with E-state index in [1.165, 1.54) is 0 Å². The molecular weight excluding hydrogens is 236 g/mol. The van der Waals surface area contributed by atoms with Crippen molar-refractivity contribution in [1.82, 2.24) is 0 Å². The number of aliphatic hydroxyl groups is 4. The highest BCUT2D eigenvalue weighted by Gasteiger charge is 2.42. The molecule has 100 valence electrons. The minimum absolute atomic E-state index is 0.00230. The van der Waals surface area contributed by atoms with Gasteiger partial charge in [0.25, 0.3) is 0 Å². The Kier molecular flexibility index (Phi) is 4.31. The van der Waals surface area contributed by atoms with E-state index in [0.717, 1.165) is 5.56 Å². The van der Waals surface area contributed by atoms with E-state index in [1.54, 1.807) is 0 Å². The zero-order valence-corrected chi connectivity index (χ0v) is 9.88. The summed E-state index contributed by atoms with van der Waals surface area (Å²) >= 11 is 0. The molecule has 1 aromatic carbocycles. The summed E-state index contributed by atoms with van der Waals surface area (Å²) < 4.78 is 5.44. The van der Waals surface area contributed by atoms with Crippen LogP contribution in [0.4, 0.5) is 0 Å². The highest BCUT2D eigenvalue weighted by atomic mass is 16.5. The summed E-state index contributed by atoms with van der Waals surface area (Å²) in [5.41, 5.74) is 0.914. The van der Waals surface area contributed by atoms with Crippen molar-refractivity contribution in [2.24, 2.45) is 0 Å². The summed E-state index contributed by atoms with van der Waals surface area (Å²) in [5, 5.41) is 38.4. The van der Waals surface area contributed by atoms with Crippen molar-refractivity contribution >= 4 is 0 Å². The Morgan fingerprint density at radius 3 is 2.28 bits per heavy atom. The molecule has 0 aliphatic heterocycles. The van der Waals surface area contributed by atoms with Crippen LogP contribution in [0.1, 0.15) is 12.0 Å². The molecule has 0 heterocycles. The number of ether oxygens (including phenoxy) is 1. The molecular formula is C13H18O5. The van der Waals surface area contributed by atoms with E-state index in [2.05, 4.69) is 0 Å². The van der Waals surface area contributed by atoms with Gasteiger partial charge in [-0.05, 0) is 5.56 Å². The minimum Gasteiger partial charge on any atom is -0.390 e. The number of hydrogen-bond donors (Lipinski definition) is 4. The Hall–Kier alpha value is -0.980. The first-order valence-corrected chi connectivity index (χ1v) is 5.97. The quantitative estimate of drug-likeness (QED) is 0.579. The topological polar surface area (TPSA) is 90.2 Å². The number of hydrogen-bond acceptors (Lipinski definition) is 5. The van der Waals surface area contributed by atoms with Crippen molar-refractivity contribution in [3.8, 4) is 0 Å². The van der Waals surface area contributed by atoms with Crippen LogP contribution < -0.4 is 0 Å². The fourth-order valence-electron chi connectivity index (χ4n) is 2.15. The van der Waals surface area contributed by atoms with E-state index < -0.39 is 30.5 Å². The van der Waals surface area contributed by atoms with Gasteiger partial charge >= 0.3 is 0 Å². The average molecular weight is 254 g/mol. The van der Waals surface area contributed by atoms with Gasteiger partial charge in [-0.25, -0.2) is 0 Å². The Morgan fingerprint density at radius 1 is 0.944 bits per heavy atom. The monoisotopic (exact) mass is 254 g/mol. The molecule has 0 saturated heterocycles. The van der Waals surface area contributed by atoms with Crippen molar-refractivity contribution in [1.29, 1.82) is 0 Å². The van der Waals surface area contributed by atoms with Gasteiger partial charge in [0.05, 0.1) is 18.8 Å². The lowest BCUT2D eigenvalue weighted by molar-refractivity contribution is -0.196. The maximum atomic E-state index is 9.76. The molecule has 0 aromatic heterocycles. The van der Waals surface area contributed by atoms with Gasteiger partial charge in [0.2, 0.25) is 0 Å². The van der Waals surface area contributed by atoms with Gasteiger partial charge in [0, 0.05) is 6.42 Å². The lowest BCUT2D eigenvalue weighted by Crippen LogP contribution is -2.56. The Bertz CT molecular complexity index is 369. The van der Waals surface area contributed by atoms with E-state index in [0.29, 0.717) is 0 Å². The van der Waals surface area contributed by atoms with E-state index in [4.69, 9.17) is 4.74 Å². The fraction of sp³-hybridized carbons (Fsp3) is 0.538. The van der Waals surface area contributed by atoms with Gasteiger partial charge in [-0.15, -0.1) is 0 Å². The Balaban J connectivity index is 1.96. The molecule has 18 heavy (non-hydrogen) atoms. The van der Waals surface area contributed by atoms with E-state index in [-0.39, 0.29) is 13.0 Å². The van der Waals surface area contributed by atoms with Crippen molar-refractivity contribution in [2.45, 2.75) is 43.5 Å². The van der Waals surface area contributed by atoms with Crippen LogP contribution in [0.5, 0.6) is 0 Å². The molecule has 0 unspecified atom stereocenters. The smallest absolute Gasteiger partial charge is 0.112 e. The highest BCUT2D eigenvalue weighted by Crippen LogP contribution is 2.24. The van der Waals surface area contributed by atoms with Crippen LogP contribution in [0.15, 0.2) is 30.3 Å². The van der Waals surface area contributed by atoms with Crippen LogP contribution in [0.25, 0.3) is 0 Å². The first kappa shape index (κ1) is 13.5.